The van der Waals surface area contributed by atoms with Crippen molar-refractivity contribution >= 4 is 39.8 Å². The number of nitrogens with one attached hydrogen (secondary N) is 3. The van der Waals surface area contributed by atoms with Gasteiger partial charge < -0.3 is 21.1 Å². The Balaban J connectivity index is 1.65. The van der Waals surface area contributed by atoms with E-state index in [0.717, 1.165) is 0 Å². The number of rotatable bonds is 5. The molecule has 1 fully saturated rings. The molecule has 2 heterocycles. The van der Waals surface area contributed by atoms with Crippen LogP contribution < -0.4 is 16.0 Å². The van der Waals surface area contributed by atoms with Gasteiger partial charge in [0.2, 0.25) is 0 Å². The minimum Gasteiger partial charge on any atom is -0.391 e. The van der Waals surface area contributed by atoms with Crippen molar-refractivity contribution < 1.29 is 14.7 Å². The molecule has 6 nitrogen and oxygen atoms in total. The molecule has 2 unspecified atom stereocenters. The summed E-state index contributed by atoms with van der Waals surface area (Å²) in [4.78, 5) is 24.7. The number of carbonyl (C=O) groups is 2. The van der Waals surface area contributed by atoms with Gasteiger partial charge in [-0.2, -0.15) is 0 Å². The Labute approximate surface area is 154 Å². The van der Waals surface area contributed by atoms with E-state index in [2.05, 4.69) is 16.0 Å². The molecule has 25 heavy (non-hydrogen) atoms. The number of aliphatic hydroxyl groups excluding tert-OH is 1. The topological polar surface area (TPSA) is 90.5 Å². The Bertz CT molecular complexity index is 780. The molecule has 0 aliphatic carbocycles. The van der Waals surface area contributed by atoms with E-state index in [-0.39, 0.29) is 17.7 Å². The summed E-state index contributed by atoms with van der Waals surface area (Å²) < 4.78 is 0. The molecule has 1 saturated heterocycles. The summed E-state index contributed by atoms with van der Waals surface area (Å²) >= 11 is 7.30. The van der Waals surface area contributed by atoms with Crippen LogP contribution in [0.5, 0.6) is 0 Å². The molecule has 1 aromatic carbocycles. The molecule has 0 spiro atoms. The molecule has 0 radical (unpaired) electrons. The van der Waals surface area contributed by atoms with Gasteiger partial charge in [-0.25, -0.2) is 0 Å². The highest BCUT2D eigenvalue weighted by Crippen LogP contribution is 2.25. The van der Waals surface area contributed by atoms with Crippen molar-refractivity contribution in [3.05, 3.63) is 51.9 Å². The first-order chi connectivity index (χ1) is 12.1. The second-order valence-corrected chi connectivity index (χ2v) is 7.12. The van der Waals surface area contributed by atoms with Gasteiger partial charge in [-0.3, -0.25) is 9.59 Å². The van der Waals surface area contributed by atoms with Gasteiger partial charge in [0, 0.05) is 25.6 Å². The molecule has 2 atom stereocenters. The van der Waals surface area contributed by atoms with Crippen molar-refractivity contribution in [3.63, 3.8) is 0 Å². The van der Waals surface area contributed by atoms with Gasteiger partial charge in [0.15, 0.2) is 0 Å². The molecule has 2 aromatic rings. The lowest BCUT2D eigenvalue weighted by atomic mass is 10.1. The maximum absolute atomic E-state index is 12.4. The van der Waals surface area contributed by atoms with Crippen molar-refractivity contribution in [2.45, 2.75) is 6.10 Å². The SMILES string of the molecule is O=C(Nc1sccc1C(=O)NCC1CNCC1O)c1ccccc1Cl. The van der Waals surface area contributed by atoms with Crippen molar-refractivity contribution in [2.24, 2.45) is 5.92 Å². The van der Waals surface area contributed by atoms with Crippen LogP contribution in [-0.4, -0.2) is 42.7 Å². The van der Waals surface area contributed by atoms with E-state index in [1.54, 1.807) is 35.7 Å². The van der Waals surface area contributed by atoms with Crippen LogP contribution in [0.3, 0.4) is 0 Å². The van der Waals surface area contributed by atoms with Crippen LogP contribution in [0, 0.1) is 5.92 Å². The van der Waals surface area contributed by atoms with Gasteiger partial charge in [0.05, 0.1) is 22.3 Å². The van der Waals surface area contributed by atoms with Crippen molar-refractivity contribution in [2.75, 3.05) is 25.0 Å². The molecule has 132 valence electrons. The number of carbonyl (C=O) groups excluding carboxylic acids is 2. The second-order valence-electron chi connectivity index (χ2n) is 5.79. The first kappa shape index (κ1) is 17.9. The molecule has 2 amide bonds. The van der Waals surface area contributed by atoms with Crippen molar-refractivity contribution in [1.82, 2.24) is 10.6 Å². The highest BCUT2D eigenvalue weighted by atomic mass is 35.5. The minimum atomic E-state index is -0.456. The van der Waals surface area contributed by atoms with E-state index in [1.165, 1.54) is 11.3 Å². The van der Waals surface area contributed by atoms with Crippen LogP contribution in [0.1, 0.15) is 20.7 Å². The van der Waals surface area contributed by atoms with E-state index < -0.39 is 6.10 Å². The lowest BCUT2D eigenvalue weighted by Gasteiger charge is -2.14. The summed E-state index contributed by atoms with van der Waals surface area (Å²) in [5.74, 6) is -0.656. The maximum atomic E-state index is 12.4. The zero-order valence-corrected chi connectivity index (χ0v) is 14.9. The van der Waals surface area contributed by atoms with Gasteiger partial charge in [-0.15, -0.1) is 11.3 Å². The van der Waals surface area contributed by atoms with E-state index in [0.29, 0.717) is 40.8 Å². The van der Waals surface area contributed by atoms with E-state index in [1.807, 2.05) is 0 Å². The van der Waals surface area contributed by atoms with Crippen molar-refractivity contribution in [1.29, 1.82) is 0 Å². The van der Waals surface area contributed by atoms with Gasteiger partial charge in [0.25, 0.3) is 11.8 Å². The lowest BCUT2D eigenvalue weighted by Crippen LogP contribution is -2.34. The van der Waals surface area contributed by atoms with Gasteiger partial charge in [0.1, 0.15) is 5.00 Å². The highest BCUT2D eigenvalue weighted by Gasteiger charge is 2.26. The number of aliphatic hydroxyl groups is 1. The Morgan fingerprint density at radius 3 is 2.72 bits per heavy atom. The number of anilines is 1. The summed E-state index contributed by atoms with van der Waals surface area (Å²) in [6.45, 7) is 1.58. The van der Waals surface area contributed by atoms with E-state index in [4.69, 9.17) is 11.6 Å². The normalized spacial score (nSPS) is 19.6. The van der Waals surface area contributed by atoms with Crippen LogP contribution in [-0.2, 0) is 0 Å². The van der Waals surface area contributed by atoms with Crippen molar-refractivity contribution in [3.8, 4) is 0 Å². The first-order valence-corrected chi connectivity index (χ1v) is 9.12. The zero-order valence-electron chi connectivity index (χ0n) is 13.3. The standard InChI is InChI=1S/C17H18ClN3O3S/c18-13-4-2-1-3-11(13)16(24)21-17-12(5-6-25-17)15(23)20-8-10-7-19-9-14(10)22/h1-6,10,14,19,22H,7-9H2,(H,20,23)(H,21,24). The van der Waals surface area contributed by atoms with Crippen LogP contribution >= 0.6 is 22.9 Å². The molecule has 1 aliphatic rings. The predicted molar refractivity (Wildman–Crippen MR) is 98.4 cm³/mol. The van der Waals surface area contributed by atoms with Crippen LogP contribution in [0.2, 0.25) is 5.02 Å². The fourth-order valence-electron chi connectivity index (χ4n) is 2.65. The van der Waals surface area contributed by atoms with Crippen LogP contribution in [0.15, 0.2) is 35.7 Å². The first-order valence-electron chi connectivity index (χ1n) is 7.86. The van der Waals surface area contributed by atoms with Gasteiger partial charge in [-0.05, 0) is 23.6 Å². The molecule has 1 aromatic heterocycles. The molecule has 4 N–H and O–H groups in total. The number of amides is 2. The van der Waals surface area contributed by atoms with Crippen LogP contribution in [0.25, 0.3) is 0 Å². The molecule has 3 rings (SSSR count). The molecular formula is C17H18ClN3O3S. The van der Waals surface area contributed by atoms with Gasteiger partial charge in [-0.1, -0.05) is 23.7 Å². The summed E-state index contributed by atoms with van der Waals surface area (Å²) in [6.07, 6.45) is -0.456. The van der Waals surface area contributed by atoms with E-state index in [9.17, 15) is 14.7 Å². The Morgan fingerprint density at radius 1 is 1.20 bits per heavy atom. The number of hydrogen-bond donors (Lipinski definition) is 4. The fourth-order valence-corrected chi connectivity index (χ4v) is 3.65. The number of benzene rings is 1. The summed E-state index contributed by atoms with van der Waals surface area (Å²) in [5, 5.41) is 21.0. The average molecular weight is 380 g/mol. The lowest BCUT2D eigenvalue weighted by molar-refractivity contribution is 0.0928. The molecule has 1 aliphatic heterocycles. The molecule has 0 bridgehead atoms. The minimum absolute atomic E-state index is 0.0104. The Morgan fingerprint density at radius 2 is 2.00 bits per heavy atom. The largest absolute Gasteiger partial charge is 0.391 e. The summed E-state index contributed by atoms with van der Waals surface area (Å²) in [7, 11) is 0. The number of halogens is 1. The summed E-state index contributed by atoms with van der Waals surface area (Å²) in [5.41, 5.74) is 0.745. The Hall–Kier alpha value is -1.93. The number of hydrogen-bond acceptors (Lipinski definition) is 5. The molecular weight excluding hydrogens is 362 g/mol. The third-order valence-electron chi connectivity index (χ3n) is 4.08. The molecule has 8 heteroatoms. The highest BCUT2D eigenvalue weighted by molar-refractivity contribution is 7.14. The predicted octanol–water partition coefficient (Wildman–Crippen LogP) is 1.96. The number of β-amino-alcohol motifs (C(OH)–C–C–N with tert-alkyl or cyclic N) is 1. The second kappa shape index (κ2) is 7.97. The maximum Gasteiger partial charge on any atom is 0.257 e. The van der Waals surface area contributed by atoms with Crippen LogP contribution in [0.4, 0.5) is 5.00 Å². The smallest absolute Gasteiger partial charge is 0.257 e. The van der Waals surface area contributed by atoms with Gasteiger partial charge >= 0.3 is 0 Å². The quantitative estimate of drug-likeness (QED) is 0.639. The third-order valence-corrected chi connectivity index (χ3v) is 5.24. The zero-order chi connectivity index (χ0) is 17.8. The Kier molecular flexibility index (Phi) is 5.70. The molecule has 0 saturated carbocycles. The monoisotopic (exact) mass is 379 g/mol. The summed E-state index contributed by atoms with van der Waals surface area (Å²) in [6, 6.07) is 8.39. The average Bonchev–Trinajstić information content (AvgIpc) is 3.22. The number of thiophene rings is 1. The van der Waals surface area contributed by atoms with E-state index >= 15 is 0 Å². The third kappa shape index (κ3) is 4.19. The fraction of sp³-hybridized carbons (Fsp3) is 0.294.